The van der Waals surface area contributed by atoms with Gasteiger partial charge in [0.2, 0.25) is 0 Å². The molecule has 1 aliphatic rings. The minimum atomic E-state index is 0.0509. The number of fused-ring (bicyclic) bond motifs is 2. The van der Waals surface area contributed by atoms with Crippen molar-refractivity contribution in [3.63, 3.8) is 0 Å². The zero-order valence-corrected chi connectivity index (χ0v) is 8.73. The van der Waals surface area contributed by atoms with Crippen LogP contribution in [-0.2, 0) is 6.42 Å². The molecule has 0 saturated heterocycles. The predicted molar refractivity (Wildman–Crippen MR) is 63.5 cm³/mol. The summed E-state index contributed by atoms with van der Waals surface area (Å²) < 4.78 is 0. The van der Waals surface area contributed by atoms with Gasteiger partial charge in [-0.3, -0.25) is 4.79 Å². The molecule has 0 spiro atoms. The molecule has 0 radical (unpaired) electrons. The van der Waals surface area contributed by atoms with Crippen LogP contribution in [0.3, 0.4) is 0 Å². The molecule has 2 N–H and O–H groups in total. The Labute approximate surface area is 93.7 Å². The van der Waals surface area contributed by atoms with Gasteiger partial charge in [-0.25, -0.2) is 0 Å². The highest BCUT2D eigenvalue weighted by molar-refractivity contribution is 6.15. The molecule has 2 nitrogen and oxygen atoms in total. The molecule has 0 fully saturated rings. The maximum absolute atomic E-state index is 12.2. The van der Waals surface area contributed by atoms with Gasteiger partial charge in [0.05, 0.1) is 0 Å². The molecule has 16 heavy (non-hydrogen) atoms. The third-order valence-electron chi connectivity index (χ3n) is 3.05. The number of hydrogen-bond acceptors (Lipinski definition) is 2. The molecule has 78 valence electrons. The minimum Gasteiger partial charge on any atom is -0.398 e. The fourth-order valence-electron chi connectivity index (χ4n) is 2.28. The predicted octanol–water partition coefficient (Wildman–Crippen LogP) is 2.40. The van der Waals surface area contributed by atoms with Gasteiger partial charge in [0.1, 0.15) is 0 Å². The molecule has 0 aliphatic heterocycles. The first-order valence-corrected chi connectivity index (χ1v) is 5.27. The van der Waals surface area contributed by atoms with Gasteiger partial charge in [0.25, 0.3) is 0 Å². The van der Waals surface area contributed by atoms with Crippen molar-refractivity contribution < 1.29 is 4.79 Å². The summed E-state index contributed by atoms with van der Waals surface area (Å²) in [6, 6.07) is 13.4. The normalized spacial score (nSPS) is 13.1. The molecule has 0 atom stereocenters. The SMILES string of the molecule is Nc1cccc2c1C(=O)c1ccccc1C2. The summed E-state index contributed by atoms with van der Waals surface area (Å²) in [4.78, 5) is 12.2. The van der Waals surface area contributed by atoms with Crippen LogP contribution in [0.2, 0.25) is 0 Å². The number of carbonyl (C=O) groups excluding carboxylic acids is 1. The number of rotatable bonds is 0. The number of carbonyl (C=O) groups is 1. The molecule has 1 aliphatic carbocycles. The van der Waals surface area contributed by atoms with Crippen molar-refractivity contribution in [2.75, 3.05) is 5.73 Å². The van der Waals surface area contributed by atoms with Crippen LogP contribution < -0.4 is 5.73 Å². The lowest BCUT2D eigenvalue weighted by Crippen LogP contribution is -2.16. The molecule has 2 aromatic rings. The maximum atomic E-state index is 12.2. The van der Waals surface area contributed by atoms with Crippen LogP contribution in [0, 0.1) is 0 Å². The van der Waals surface area contributed by atoms with E-state index in [1.54, 1.807) is 6.07 Å². The van der Waals surface area contributed by atoms with E-state index in [2.05, 4.69) is 0 Å². The molecule has 2 heteroatoms. The van der Waals surface area contributed by atoms with Crippen molar-refractivity contribution in [3.05, 3.63) is 64.7 Å². The Morgan fingerprint density at radius 1 is 0.938 bits per heavy atom. The van der Waals surface area contributed by atoms with E-state index in [0.717, 1.165) is 23.1 Å². The van der Waals surface area contributed by atoms with Gasteiger partial charge in [-0.2, -0.15) is 0 Å². The average molecular weight is 209 g/mol. The van der Waals surface area contributed by atoms with E-state index in [0.29, 0.717) is 11.3 Å². The minimum absolute atomic E-state index is 0.0509. The first-order chi connectivity index (χ1) is 7.77. The Bertz CT molecular complexity index is 587. The van der Waals surface area contributed by atoms with Crippen molar-refractivity contribution in [2.24, 2.45) is 0 Å². The number of benzene rings is 2. The molecule has 3 rings (SSSR count). The van der Waals surface area contributed by atoms with Crippen molar-refractivity contribution in [1.82, 2.24) is 0 Å². The zero-order valence-electron chi connectivity index (χ0n) is 8.73. The van der Waals surface area contributed by atoms with Gasteiger partial charge < -0.3 is 5.73 Å². The van der Waals surface area contributed by atoms with Crippen LogP contribution in [-0.4, -0.2) is 5.78 Å². The largest absolute Gasteiger partial charge is 0.398 e. The quantitative estimate of drug-likeness (QED) is 0.578. The van der Waals surface area contributed by atoms with E-state index < -0.39 is 0 Å². The lowest BCUT2D eigenvalue weighted by Gasteiger charge is -2.19. The van der Waals surface area contributed by atoms with Gasteiger partial charge >= 0.3 is 0 Å². The molecule has 2 aromatic carbocycles. The topological polar surface area (TPSA) is 43.1 Å². The first kappa shape index (κ1) is 9.16. The van der Waals surface area contributed by atoms with E-state index >= 15 is 0 Å². The number of anilines is 1. The molecular formula is C14H11NO. The van der Waals surface area contributed by atoms with Gasteiger partial charge in [-0.1, -0.05) is 36.4 Å². The molecule has 0 aromatic heterocycles. The molecule has 0 amide bonds. The second-order valence-electron chi connectivity index (χ2n) is 4.04. The van der Waals surface area contributed by atoms with E-state index in [1.807, 2.05) is 36.4 Å². The van der Waals surface area contributed by atoms with Crippen LogP contribution in [0.4, 0.5) is 5.69 Å². The van der Waals surface area contributed by atoms with E-state index in [-0.39, 0.29) is 5.78 Å². The van der Waals surface area contributed by atoms with Crippen LogP contribution in [0.15, 0.2) is 42.5 Å². The van der Waals surface area contributed by atoms with Crippen molar-refractivity contribution in [1.29, 1.82) is 0 Å². The number of nitrogens with two attached hydrogens (primary N) is 1. The summed E-state index contributed by atoms with van der Waals surface area (Å²) in [5, 5.41) is 0. The van der Waals surface area contributed by atoms with Gasteiger partial charge in [0.15, 0.2) is 5.78 Å². The molecule has 0 unspecified atom stereocenters. The Balaban J connectivity index is 2.27. The number of ketones is 1. The number of nitrogen functional groups attached to an aromatic ring is 1. The second-order valence-corrected chi connectivity index (χ2v) is 4.04. The Morgan fingerprint density at radius 2 is 1.69 bits per heavy atom. The van der Waals surface area contributed by atoms with Crippen molar-refractivity contribution in [2.45, 2.75) is 6.42 Å². The Kier molecular flexibility index (Phi) is 1.83. The average Bonchev–Trinajstić information content (AvgIpc) is 2.29. The number of hydrogen-bond donors (Lipinski definition) is 1. The third kappa shape index (κ3) is 1.16. The highest BCUT2D eigenvalue weighted by Gasteiger charge is 2.24. The monoisotopic (exact) mass is 209 g/mol. The smallest absolute Gasteiger partial charge is 0.195 e. The van der Waals surface area contributed by atoms with E-state index in [1.165, 1.54) is 0 Å². The molecule has 0 saturated carbocycles. The summed E-state index contributed by atoms with van der Waals surface area (Å²) >= 11 is 0. The lowest BCUT2D eigenvalue weighted by molar-refractivity contribution is 0.103. The standard InChI is InChI=1S/C14H11NO/c15-12-7-3-5-10-8-9-4-1-2-6-11(9)14(16)13(10)12/h1-7H,8,15H2. The fourth-order valence-corrected chi connectivity index (χ4v) is 2.28. The highest BCUT2D eigenvalue weighted by atomic mass is 16.1. The van der Waals surface area contributed by atoms with Crippen LogP contribution in [0.5, 0.6) is 0 Å². The van der Waals surface area contributed by atoms with Gasteiger partial charge in [-0.05, 0) is 23.6 Å². The summed E-state index contributed by atoms with van der Waals surface area (Å²) in [5.74, 6) is 0.0509. The van der Waals surface area contributed by atoms with Crippen LogP contribution >= 0.6 is 0 Å². The lowest BCUT2D eigenvalue weighted by atomic mass is 9.84. The highest BCUT2D eigenvalue weighted by Crippen LogP contribution is 2.30. The summed E-state index contributed by atoms with van der Waals surface area (Å²) in [6.45, 7) is 0. The van der Waals surface area contributed by atoms with Crippen LogP contribution in [0.1, 0.15) is 27.0 Å². The fraction of sp³-hybridized carbons (Fsp3) is 0.0714. The Hall–Kier alpha value is -2.09. The van der Waals surface area contributed by atoms with Gasteiger partial charge in [0, 0.05) is 16.8 Å². The van der Waals surface area contributed by atoms with E-state index in [4.69, 9.17) is 5.73 Å². The first-order valence-electron chi connectivity index (χ1n) is 5.27. The Morgan fingerprint density at radius 3 is 2.56 bits per heavy atom. The summed E-state index contributed by atoms with van der Waals surface area (Å²) in [7, 11) is 0. The maximum Gasteiger partial charge on any atom is 0.195 e. The summed E-state index contributed by atoms with van der Waals surface area (Å²) in [6.07, 6.45) is 0.794. The van der Waals surface area contributed by atoms with E-state index in [9.17, 15) is 4.79 Å². The second kappa shape index (κ2) is 3.20. The summed E-state index contributed by atoms with van der Waals surface area (Å²) in [5.41, 5.74) is 10.0. The third-order valence-corrected chi connectivity index (χ3v) is 3.05. The molecule has 0 heterocycles. The molecular weight excluding hydrogens is 198 g/mol. The van der Waals surface area contributed by atoms with Crippen molar-refractivity contribution >= 4 is 11.5 Å². The van der Waals surface area contributed by atoms with Crippen molar-refractivity contribution in [3.8, 4) is 0 Å². The zero-order chi connectivity index (χ0) is 11.1. The van der Waals surface area contributed by atoms with Gasteiger partial charge in [-0.15, -0.1) is 0 Å². The molecule has 0 bridgehead atoms. The van der Waals surface area contributed by atoms with Crippen LogP contribution in [0.25, 0.3) is 0 Å².